The quantitative estimate of drug-likeness (QED) is 0.688. The van der Waals surface area contributed by atoms with E-state index in [1.54, 1.807) is 12.1 Å². The molecule has 3 rings (SSSR count). The second kappa shape index (κ2) is 4.65. The fraction of sp³-hybridized carbons (Fsp3) is 0.308. The monoisotopic (exact) mass is 296 g/mol. The number of nitrogens with one attached hydrogen (secondary N) is 1. The lowest BCUT2D eigenvalue weighted by Gasteiger charge is -2.31. The first-order chi connectivity index (χ1) is 9.06. The van der Waals surface area contributed by atoms with E-state index in [1.165, 1.54) is 12.1 Å². The summed E-state index contributed by atoms with van der Waals surface area (Å²) in [6.07, 6.45) is 6.12. The first-order valence-corrected chi connectivity index (χ1v) is 7.93. The number of hydrazone groups is 1. The van der Waals surface area contributed by atoms with Crippen LogP contribution in [0.3, 0.4) is 0 Å². The van der Waals surface area contributed by atoms with Gasteiger partial charge in [0.2, 0.25) is 0 Å². The van der Waals surface area contributed by atoms with Crippen molar-refractivity contribution in [2.24, 2.45) is 16.9 Å². The number of allylic oxidation sites excluding steroid dienone is 2. The normalized spacial score (nSPS) is 27.1. The van der Waals surface area contributed by atoms with Crippen molar-refractivity contribution in [2.75, 3.05) is 0 Å². The molecule has 2 aliphatic rings. The fourth-order valence-electron chi connectivity index (χ4n) is 2.45. The van der Waals surface area contributed by atoms with Crippen LogP contribution in [0.1, 0.15) is 12.8 Å². The van der Waals surface area contributed by atoms with E-state index in [1.807, 2.05) is 0 Å². The molecule has 0 aromatic heterocycles. The van der Waals surface area contributed by atoms with Crippen LogP contribution in [-0.2, 0) is 10.0 Å². The second-order valence-electron chi connectivity index (χ2n) is 4.79. The van der Waals surface area contributed by atoms with E-state index >= 15 is 0 Å². The number of sulfonamides is 1. The highest BCUT2D eigenvalue weighted by atomic mass is 35.5. The Balaban J connectivity index is 1.72. The van der Waals surface area contributed by atoms with Gasteiger partial charge in [-0.05, 0) is 43.0 Å². The number of benzene rings is 1. The Morgan fingerprint density at radius 3 is 2.68 bits per heavy atom. The average Bonchev–Trinajstić information content (AvgIpc) is 2.72. The lowest BCUT2D eigenvalue weighted by Crippen LogP contribution is -2.35. The molecule has 1 fully saturated rings. The number of rotatable bonds is 3. The summed E-state index contributed by atoms with van der Waals surface area (Å²) in [5.74, 6) is 0.951. The maximum absolute atomic E-state index is 12.0. The van der Waals surface area contributed by atoms with Gasteiger partial charge in [-0.25, -0.2) is 4.83 Å². The van der Waals surface area contributed by atoms with Gasteiger partial charge < -0.3 is 0 Å². The predicted octanol–water partition coefficient (Wildman–Crippen LogP) is 2.57. The highest BCUT2D eigenvalue weighted by Crippen LogP contribution is 2.40. The summed E-state index contributed by atoms with van der Waals surface area (Å²) in [7, 11) is -3.59. The number of fused-ring (bicyclic) bond motifs is 1. The van der Waals surface area contributed by atoms with Gasteiger partial charge in [0.25, 0.3) is 10.0 Å². The van der Waals surface area contributed by atoms with E-state index in [0.29, 0.717) is 16.9 Å². The summed E-state index contributed by atoms with van der Waals surface area (Å²) < 4.78 is 24.0. The third kappa shape index (κ3) is 2.40. The molecule has 0 spiro atoms. The van der Waals surface area contributed by atoms with Crippen LogP contribution in [0.25, 0.3) is 0 Å². The third-order valence-corrected chi connectivity index (χ3v) is 5.07. The first-order valence-electron chi connectivity index (χ1n) is 6.07. The molecular formula is C13H13ClN2O2S. The molecule has 100 valence electrons. The second-order valence-corrected chi connectivity index (χ2v) is 6.89. The van der Waals surface area contributed by atoms with Crippen molar-refractivity contribution in [1.82, 2.24) is 4.83 Å². The Bertz CT molecular complexity index is 650. The molecule has 0 saturated heterocycles. The maximum atomic E-state index is 12.0. The molecule has 0 heterocycles. The van der Waals surface area contributed by atoms with Crippen molar-refractivity contribution < 1.29 is 8.42 Å². The molecule has 0 aliphatic heterocycles. The molecule has 1 aromatic rings. The van der Waals surface area contributed by atoms with Gasteiger partial charge in [0.1, 0.15) is 0 Å². The van der Waals surface area contributed by atoms with E-state index in [2.05, 4.69) is 22.1 Å². The van der Waals surface area contributed by atoms with Crippen molar-refractivity contribution in [2.45, 2.75) is 17.7 Å². The topological polar surface area (TPSA) is 58.5 Å². The van der Waals surface area contributed by atoms with Crippen LogP contribution in [-0.4, -0.2) is 14.1 Å². The van der Waals surface area contributed by atoms with Gasteiger partial charge in [0.15, 0.2) is 0 Å². The van der Waals surface area contributed by atoms with E-state index < -0.39 is 10.0 Å². The molecule has 0 radical (unpaired) electrons. The van der Waals surface area contributed by atoms with Crippen LogP contribution in [0.2, 0.25) is 5.02 Å². The lowest BCUT2D eigenvalue weighted by molar-refractivity contribution is 0.463. The van der Waals surface area contributed by atoms with Crippen molar-refractivity contribution in [3.8, 4) is 0 Å². The van der Waals surface area contributed by atoms with Crippen molar-refractivity contribution in [3.05, 3.63) is 41.4 Å². The van der Waals surface area contributed by atoms with Crippen LogP contribution in [0.5, 0.6) is 0 Å². The molecule has 2 aliphatic carbocycles. The van der Waals surface area contributed by atoms with Crippen LogP contribution < -0.4 is 4.83 Å². The molecule has 6 heteroatoms. The Morgan fingerprint density at radius 1 is 1.26 bits per heavy atom. The van der Waals surface area contributed by atoms with Gasteiger partial charge in [0.05, 0.1) is 4.90 Å². The number of hydrogen-bond donors (Lipinski definition) is 1. The van der Waals surface area contributed by atoms with E-state index in [4.69, 9.17) is 11.6 Å². The Morgan fingerprint density at radius 2 is 2.00 bits per heavy atom. The summed E-state index contributed by atoms with van der Waals surface area (Å²) in [5.41, 5.74) is 0.938. The number of halogens is 1. The molecular weight excluding hydrogens is 284 g/mol. The van der Waals surface area contributed by atoms with Gasteiger partial charge >= 0.3 is 0 Å². The standard InChI is InChI=1S/C13H13ClN2O2S/c14-10-4-6-11(7-5-10)19(17,18)16-15-13-8-9-2-1-3-12(9)13/h1-2,4-7,9,12,16H,3,8H2. The predicted molar refractivity (Wildman–Crippen MR) is 74.6 cm³/mol. The van der Waals surface area contributed by atoms with Crippen molar-refractivity contribution in [3.63, 3.8) is 0 Å². The van der Waals surface area contributed by atoms with Gasteiger partial charge in [-0.3, -0.25) is 0 Å². The van der Waals surface area contributed by atoms with Gasteiger partial charge in [0, 0.05) is 16.7 Å². The fourth-order valence-corrected chi connectivity index (χ4v) is 3.41. The van der Waals surface area contributed by atoms with Crippen LogP contribution in [0.4, 0.5) is 0 Å². The van der Waals surface area contributed by atoms with Crippen LogP contribution in [0, 0.1) is 11.8 Å². The van der Waals surface area contributed by atoms with Crippen molar-refractivity contribution >= 4 is 27.3 Å². The molecule has 0 bridgehead atoms. The average molecular weight is 297 g/mol. The molecule has 0 amide bonds. The van der Waals surface area contributed by atoms with E-state index in [-0.39, 0.29) is 4.90 Å². The first kappa shape index (κ1) is 12.7. The minimum Gasteiger partial charge on any atom is -0.200 e. The molecule has 1 N–H and O–H groups in total. The molecule has 1 saturated carbocycles. The summed E-state index contributed by atoms with van der Waals surface area (Å²) in [6, 6.07) is 6.02. The number of nitrogens with zero attached hydrogens (tertiary/aromatic N) is 1. The van der Waals surface area contributed by atoms with Gasteiger partial charge in [-0.2, -0.15) is 13.5 Å². The molecule has 2 atom stereocenters. The number of hydrogen-bond acceptors (Lipinski definition) is 3. The Labute approximate surface area is 117 Å². The minimum atomic E-state index is -3.59. The van der Waals surface area contributed by atoms with Crippen LogP contribution >= 0.6 is 11.6 Å². The highest BCUT2D eigenvalue weighted by molar-refractivity contribution is 7.89. The summed E-state index contributed by atoms with van der Waals surface area (Å²) in [4.78, 5) is 2.47. The lowest BCUT2D eigenvalue weighted by atomic mass is 9.74. The Hall–Kier alpha value is -1.33. The largest absolute Gasteiger partial charge is 0.276 e. The molecule has 1 aromatic carbocycles. The Kier molecular flexibility index (Phi) is 3.11. The van der Waals surface area contributed by atoms with E-state index in [0.717, 1.165) is 18.6 Å². The molecule has 2 unspecified atom stereocenters. The molecule has 19 heavy (non-hydrogen) atoms. The summed E-state index contributed by atoms with van der Waals surface area (Å²) >= 11 is 5.73. The SMILES string of the molecule is O=S(=O)(NN=C1CC2C=CCC12)c1ccc(Cl)cc1. The van der Waals surface area contributed by atoms with Crippen LogP contribution in [0.15, 0.2) is 46.4 Å². The zero-order valence-electron chi connectivity index (χ0n) is 10.1. The minimum absolute atomic E-state index is 0.168. The summed E-state index contributed by atoms with van der Waals surface area (Å²) in [6.45, 7) is 0. The zero-order valence-corrected chi connectivity index (χ0v) is 11.7. The highest BCUT2D eigenvalue weighted by Gasteiger charge is 2.38. The molecule has 4 nitrogen and oxygen atoms in total. The zero-order chi connectivity index (χ0) is 13.5. The smallest absolute Gasteiger partial charge is 0.200 e. The van der Waals surface area contributed by atoms with Gasteiger partial charge in [-0.1, -0.05) is 23.8 Å². The van der Waals surface area contributed by atoms with Gasteiger partial charge in [-0.15, -0.1) is 0 Å². The van der Waals surface area contributed by atoms with E-state index in [9.17, 15) is 8.42 Å². The summed E-state index contributed by atoms with van der Waals surface area (Å²) in [5, 5.41) is 4.55. The maximum Gasteiger partial charge on any atom is 0.276 e. The van der Waals surface area contributed by atoms with Crippen molar-refractivity contribution in [1.29, 1.82) is 0 Å². The third-order valence-electron chi connectivity index (χ3n) is 3.60.